The Labute approximate surface area is 123 Å². The number of nitrogens with zero attached hydrogens (tertiary/aromatic N) is 1. The number of hydrogen-bond acceptors (Lipinski definition) is 4. The van der Waals surface area contributed by atoms with Crippen LogP contribution in [0.5, 0.6) is 0 Å². The molecule has 2 atom stereocenters. The number of amides is 1. The van der Waals surface area contributed by atoms with E-state index in [1.165, 1.54) is 12.4 Å². The highest BCUT2D eigenvalue weighted by Gasteiger charge is 2.66. The number of nitrogens with one attached hydrogen (secondary N) is 1. The van der Waals surface area contributed by atoms with Crippen LogP contribution in [0.2, 0.25) is 0 Å². The molecule has 1 aliphatic rings. The maximum Gasteiger partial charge on any atom is 0.330 e. The van der Waals surface area contributed by atoms with Crippen LogP contribution in [0.4, 0.5) is 0 Å². The average molecular weight is 292 g/mol. The first kappa shape index (κ1) is 15.4. The molecule has 6 nitrogen and oxygen atoms in total. The van der Waals surface area contributed by atoms with E-state index in [0.717, 1.165) is 0 Å². The average Bonchev–Trinajstić information content (AvgIpc) is 2.46. The largest absolute Gasteiger partial charge is 0.479 e. The van der Waals surface area contributed by atoms with Crippen molar-refractivity contribution in [3.63, 3.8) is 0 Å². The van der Waals surface area contributed by atoms with Gasteiger partial charge < -0.3 is 15.2 Å². The number of pyridine rings is 1. The molecule has 0 spiro atoms. The number of hydrogen-bond donors (Lipinski definition) is 2. The van der Waals surface area contributed by atoms with Crippen molar-refractivity contribution < 1.29 is 19.4 Å². The molecule has 1 heterocycles. The molecule has 21 heavy (non-hydrogen) atoms. The number of carbonyl (C=O) groups is 2. The predicted octanol–water partition coefficient (Wildman–Crippen LogP) is 1.47. The summed E-state index contributed by atoms with van der Waals surface area (Å²) in [4.78, 5) is 27.9. The monoisotopic (exact) mass is 292 g/mol. The van der Waals surface area contributed by atoms with Crippen molar-refractivity contribution in [1.82, 2.24) is 10.3 Å². The fourth-order valence-corrected chi connectivity index (χ4v) is 2.81. The Kier molecular flexibility index (Phi) is 4.00. The summed E-state index contributed by atoms with van der Waals surface area (Å²) in [5.74, 6) is -1.45. The second kappa shape index (κ2) is 5.44. The zero-order valence-electron chi connectivity index (χ0n) is 12.4. The SMILES string of the molecule is CCO[C@H]1C[C@](NC(=O)c2ccncc2)(C(=O)O)C1(C)C. The van der Waals surface area contributed by atoms with Gasteiger partial charge in [0.05, 0.1) is 6.10 Å². The van der Waals surface area contributed by atoms with Crippen molar-refractivity contribution in [2.75, 3.05) is 6.61 Å². The van der Waals surface area contributed by atoms with Crippen molar-refractivity contribution in [2.24, 2.45) is 5.41 Å². The van der Waals surface area contributed by atoms with Gasteiger partial charge in [-0.25, -0.2) is 4.79 Å². The van der Waals surface area contributed by atoms with Gasteiger partial charge in [-0.15, -0.1) is 0 Å². The summed E-state index contributed by atoms with van der Waals surface area (Å²) in [5, 5.41) is 12.3. The van der Waals surface area contributed by atoms with E-state index >= 15 is 0 Å². The number of carbonyl (C=O) groups excluding carboxylic acids is 1. The molecule has 0 bridgehead atoms. The first-order chi connectivity index (χ1) is 9.85. The van der Waals surface area contributed by atoms with Crippen LogP contribution in [0, 0.1) is 5.41 Å². The normalized spacial score (nSPS) is 26.7. The van der Waals surface area contributed by atoms with Crippen molar-refractivity contribution in [1.29, 1.82) is 0 Å². The van der Waals surface area contributed by atoms with E-state index in [1.807, 2.05) is 6.92 Å². The highest BCUT2D eigenvalue weighted by molar-refractivity contribution is 5.98. The smallest absolute Gasteiger partial charge is 0.330 e. The topological polar surface area (TPSA) is 88.5 Å². The standard InChI is InChI=1S/C15H20N2O4/c1-4-21-11-9-15(13(19)20,14(11,2)3)17-12(18)10-5-7-16-8-6-10/h5-8,11H,4,9H2,1-3H3,(H,17,18)(H,19,20)/t11-,15-/m0/s1. The van der Waals surface area contributed by atoms with E-state index in [1.54, 1.807) is 26.0 Å². The third-order valence-electron chi connectivity index (χ3n) is 4.40. The fourth-order valence-electron chi connectivity index (χ4n) is 2.81. The molecule has 2 N–H and O–H groups in total. The molecule has 0 saturated heterocycles. The van der Waals surface area contributed by atoms with Crippen LogP contribution in [0.25, 0.3) is 0 Å². The van der Waals surface area contributed by atoms with Crippen LogP contribution in [-0.4, -0.2) is 40.2 Å². The minimum absolute atomic E-state index is 0.184. The summed E-state index contributed by atoms with van der Waals surface area (Å²) in [6.07, 6.45) is 3.07. The van der Waals surface area contributed by atoms with Gasteiger partial charge in [-0.3, -0.25) is 9.78 Å². The van der Waals surface area contributed by atoms with Gasteiger partial charge in [0.1, 0.15) is 5.54 Å². The van der Waals surface area contributed by atoms with Gasteiger partial charge in [-0.1, -0.05) is 13.8 Å². The summed E-state index contributed by atoms with van der Waals surface area (Å²) in [7, 11) is 0. The molecule has 6 heteroatoms. The molecule has 2 rings (SSSR count). The molecule has 0 aliphatic heterocycles. The van der Waals surface area contributed by atoms with Crippen molar-refractivity contribution in [3.8, 4) is 0 Å². The summed E-state index contributed by atoms with van der Waals surface area (Å²) >= 11 is 0. The van der Waals surface area contributed by atoms with E-state index < -0.39 is 22.8 Å². The van der Waals surface area contributed by atoms with Gasteiger partial charge in [-0.05, 0) is 19.1 Å². The second-order valence-electron chi connectivity index (χ2n) is 5.77. The van der Waals surface area contributed by atoms with Crippen LogP contribution >= 0.6 is 0 Å². The number of aromatic nitrogens is 1. The van der Waals surface area contributed by atoms with Crippen LogP contribution < -0.4 is 5.32 Å². The van der Waals surface area contributed by atoms with Crippen LogP contribution in [-0.2, 0) is 9.53 Å². The summed E-state index contributed by atoms with van der Waals surface area (Å²) < 4.78 is 5.56. The number of aliphatic carboxylic acids is 1. The number of ether oxygens (including phenoxy) is 1. The van der Waals surface area contributed by atoms with Crippen LogP contribution in [0.15, 0.2) is 24.5 Å². The van der Waals surface area contributed by atoms with Crippen molar-refractivity contribution in [3.05, 3.63) is 30.1 Å². The fraction of sp³-hybridized carbons (Fsp3) is 0.533. The molecule has 0 unspecified atom stereocenters. The Bertz CT molecular complexity index is 544. The quantitative estimate of drug-likeness (QED) is 0.858. The lowest BCUT2D eigenvalue weighted by Gasteiger charge is -2.58. The van der Waals surface area contributed by atoms with Crippen molar-refractivity contribution in [2.45, 2.75) is 38.8 Å². The van der Waals surface area contributed by atoms with Crippen LogP contribution in [0.3, 0.4) is 0 Å². The van der Waals surface area contributed by atoms with E-state index in [-0.39, 0.29) is 12.5 Å². The maximum absolute atomic E-state index is 12.3. The Morgan fingerprint density at radius 3 is 2.52 bits per heavy atom. The highest BCUT2D eigenvalue weighted by Crippen LogP contribution is 2.51. The van der Waals surface area contributed by atoms with E-state index in [0.29, 0.717) is 12.2 Å². The molecule has 1 aliphatic carbocycles. The Hall–Kier alpha value is -1.95. The number of carboxylic acid groups (broad SMARTS) is 1. The zero-order chi connectivity index (χ0) is 15.7. The molecule has 1 amide bonds. The summed E-state index contributed by atoms with van der Waals surface area (Å²) in [6.45, 7) is 5.99. The minimum Gasteiger partial charge on any atom is -0.479 e. The minimum atomic E-state index is -1.31. The van der Waals surface area contributed by atoms with Gasteiger partial charge in [0.25, 0.3) is 5.91 Å². The van der Waals surface area contributed by atoms with Gasteiger partial charge in [0, 0.05) is 36.4 Å². The van der Waals surface area contributed by atoms with Crippen LogP contribution in [0.1, 0.15) is 37.6 Å². The predicted molar refractivity (Wildman–Crippen MR) is 75.9 cm³/mol. The molecule has 114 valence electrons. The zero-order valence-corrected chi connectivity index (χ0v) is 12.4. The molecular weight excluding hydrogens is 272 g/mol. The molecule has 1 aromatic heterocycles. The molecular formula is C15H20N2O4. The molecule has 1 aromatic rings. The summed E-state index contributed by atoms with van der Waals surface area (Å²) in [6, 6.07) is 3.10. The maximum atomic E-state index is 12.3. The lowest BCUT2D eigenvalue weighted by molar-refractivity contribution is -0.190. The summed E-state index contributed by atoms with van der Waals surface area (Å²) in [5.41, 5.74) is -1.61. The van der Waals surface area contributed by atoms with E-state index in [9.17, 15) is 14.7 Å². The van der Waals surface area contributed by atoms with E-state index in [4.69, 9.17) is 4.74 Å². The number of rotatable bonds is 5. The molecule has 1 fully saturated rings. The molecule has 0 radical (unpaired) electrons. The van der Waals surface area contributed by atoms with Crippen molar-refractivity contribution >= 4 is 11.9 Å². The van der Waals surface area contributed by atoms with Gasteiger partial charge in [0.2, 0.25) is 0 Å². The van der Waals surface area contributed by atoms with Gasteiger partial charge >= 0.3 is 5.97 Å². The molecule has 0 aromatic carbocycles. The van der Waals surface area contributed by atoms with E-state index in [2.05, 4.69) is 10.3 Å². The lowest BCUT2D eigenvalue weighted by atomic mass is 9.54. The third kappa shape index (κ3) is 2.40. The van der Waals surface area contributed by atoms with Gasteiger partial charge in [0.15, 0.2) is 0 Å². The Balaban J connectivity index is 2.22. The molecule has 1 saturated carbocycles. The highest BCUT2D eigenvalue weighted by atomic mass is 16.5. The first-order valence-electron chi connectivity index (χ1n) is 6.92. The second-order valence-corrected chi connectivity index (χ2v) is 5.77. The lowest BCUT2D eigenvalue weighted by Crippen LogP contribution is -2.76. The van der Waals surface area contributed by atoms with Gasteiger partial charge in [-0.2, -0.15) is 0 Å². The third-order valence-corrected chi connectivity index (χ3v) is 4.40. The Morgan fingerprint density at radius 2 is 2.05 bits per heavy atom. The first-order valence-corrected chi connectivity index (χ1v) is 6.92. The Morgan fingerprint density at radius 1 is 1.43 bits per heavy atom. The number of carboxylic acids is 1.